The van der Waals surface area contributed by atoms with Gasteiger partial charge in [0.05, 0.1) is 13.0 Å². The molecule has 15 heavy (non-hydrogen) atoms. The molecule has 0 atom stereocenters. The highest BCUT2D eigenvalue weighted by Crippen LogP contribution is 2.14. The summed E-state index contributed by atoms with van der Waals surface area (Å²) in [5, 5.41) is 8.53. The van der Waals surface area contributed by atoms with E-state index in [1.807, 2.05) is 0 Å². The number of hydrogen-bond acceptors (Lipinski definition) is 4. The smallest absolute Gasteiger partial charge is 0.325 e. The van der Waals surface area contributed by atoms with Gasteiger partial charge < -0.3 is 9.84 Å². The average Bonchev–Trinajstić information content (AvgIpc) is 2.14. The van der Waals surface area contributed by atoms with Crippen LogP contribution < -0.4 is 0 Å². The van der Waals surface area contributed by atoms with E-state index in [9.17, 15) is 9.59 Å². The molecular formula is C10H19NO4. The van der Waals surface area contributed by atoms with Gasteiger partial charge in [-0.15, -0.1) is 0 Å². The molecule has 0 bridgehead atoms. The largest absolute Gasteiger partial charge is 0.481 e. The lowest BCUT2D eigenvalue weighted by atomic mass is 10.0. The van der Waals surface area contributed by atoms with Gasteiger partial charge >= 0.3 is 11.9 Å². The van der Waals surface area contributed by atoms with Crippen LogP contribution in [0.4, 0.5) is 0 Å². The first-order valence-electron chi connectivity index (χ1n) is 4.92. The Morgan fingerprint density at radius 3 is 2.33 bits per heavy atom. The number of aliphatic carboxylic acids is 1. The second kappa shape index (κ2) is 5.70. The van der Waals surface area contributed by atoms with Crippen molar-refractivity contribution in [3.05, 3.63) is 0 Å². The van der Waals surface area contributed by atoms with Gasteiger partial charge in [0.1, 0.15) is 5.54 Å². The molecule has 0 heterocycles. The maximum absolute atomic E-state index is 11.5. The van der Waals surface area contributed by atoms with Gasteiger partial charge in [0, 0.05) is 6.54 Å². The summed E-state index contributed by atoms with van der Waals surface area (Å²) in [5.74, 6) is -1.21. The van der Waals surface area contributed by atoms with Crippen LogP contribution in [0.5, 0.6) is 0 Å². The van der Waals surface area contributed by atoms with Crippen LogP contribution in [-0.2, 0) is 14.3 Å². The predicted molar refractivity (Wildman–Crippen MR) is 55.6 cm³/mol. The Balaban J connectivity index is 4.30. The molecule has 5 nitrogen and oxygen atoms in total. The summed E-state index contributed by atoms with van der Waals surface area (Å²) in [4.78, 5) is 23.6. The lowest BCUT2D eigenvalue weighted by Gasteiger charge is -2.32. The zero-order chi connectivity index (χ0) is 12.1. The van der Waals surface area contributed by atoms with Crippen molar-refractivity contribution in [1.29, 1.82) is 0 Å². The van der Waals surface area contributed by atoms with E-state index in [1.54, 1.807) is 32.7 Å². The molecule has 0 amide bonds. The summed E-state index contributed by atoms with van der Waals surface area (Å²) < 4.78 is 4.91. The first-order chi connectivity index (χ1) is 6.82. The molecule has 0 aromatic rings. The Morgan fingerprint density at radius 1 is 1.40 bits per heavy atom. The summed E-state index contributed by atoms with van der Waals surface area (Å²) in [6.45, 7) is 5.82. The van der Waals surface area contributed by atoms with Crippen LogP contribution in [0.3, 0.4) is 0 Å². The van der Waals surface area contributed by atoms with Crippen LogP contribution in [0, 0.1) is 0 Å². The average molecular weight is 217 g/mol. The minimum Gasteiger partial charge on any atom is -0.481 e. The summed E-state index contributed by atoms with van der Waals surface area (Å²) in [6.07, 6.45) is 0.0132. The van der Waals surface area contributed by atoms with Crippen LogP contribution in [0.2, 0.25) is 0 Å². The molecular weight excluding hydrogens is 198 g/mol. The predicted octanol–water partition coefficient (Wildman–Crippen LogP) is 0.735. The molecule has 0 fully saturated rings. The number of carbonyl (C=O) groups excluding carboxylic acids is 1. The van der Waals surface area contributed by atoms with Gasteiger partial charge in [0.25, 0.3) is 0 Å². The minimum absolute atomic E-state index is 0.0132. The number of rotatable bonds is 6. The molecule has 0 unspecified atom stereocenters. The normalized spacial score (nSPS) is 11.5. The quantitative estimate of drug-likeness (QED) is 0.664. The van der Waals surface area contributed by atoms with Crippen molar-refractivity contribution in [2.45, 2.75) is 32.7 Å². The monoisotopic (exact) mass is 217 g/mol. The Kier molecular flexibility index (Phi) is 5.28. The molecule has 0 aliphatic heterocycles. The van der Waals surface area contributed by atoms with E-state index in [-0.39, 0.29) is 12.4 Å². The topological polar surface area (TPSA) is 66.8 Å². The Morgan fingerprint density at radius 2 is 1.93 bits per heavy atom. The third-order valence-electron chi connectivity index (χ3n) is 2.39. The summed E-state index contributed by atoms with van der Waals surface area (Å²) in [7, 11) is 1.71. The zero-order valence-electron chi connectivity index (χ0n) is 9.74. The maximum Gasteiger partial charge on any atom is 0.325 e. The molecule has 0 saturated carbocycles. The highest BCUT2D eigenvalue weighted by atomic mass is 16.5. The van der Waals surface area contributed by atoms with Gasteiger partial charge in [0.15, 0.2) is 0 Å². The van der Waals surface area contributed by atoms with Crippen molar-refractivity contribution in [2.75, 3.05) is 20.2 Å². The van der Waals surface area contributed by atoms with Gasteiger partial charge in [0.2, 0.25) is 0 Å². The van der Waals surface area contributed by atoms with Gasteiger partial charge in [-0.2, -0.15) is 0 Å². The molecule has 0 saturated heterocycles. The number of nitrogens with zero attached hydrogens (tertiary/aromatic N) is 1. The fourth-order valence-electron chi connectivity index (χ4n) is 1.01. The van der Waals surface area contributed by atoms with Crippen LogP contribution in [0.25, 0.3) is 0 Å². The van der Waals surface area contributed by atoms with E-state index in [4.69, 9.17) is 9.84 Å². The van der Waals surface area contributed by atoms with Crippen LogP contribution in [0.15, 0.2) is 0 Å². The fourth-order valence-corrected chi connectivity index (χ4v) is 1.01. The molecule has 1 N–H and O–H groups in total. The molecule has 0 aromatic carbocycles. The van der Waals surface area contributed by atoms with Crippen molar-refractivity contribution in [3.8, 4) is 0 Å². The van der Waals surface area contributed by atoms with E-state index in [1.165, 1.54) is 0 Å². The molecule has 0 aliphatic carbocycles. The number of carboxylic acid groups (broad SMARTS) is 1. The third kappa shape index (κ3) is 4.29. The van der Waals surface area contributed by atoms with E-state index in [0.717, 1.165) is 0 Å². The number of esters is 1. The van der Waals surface area contributed by atoms with Gasteiger partial charge in [-0.05, 0) is 27.8 Å². The Bertz CT molecular complexity index is 238. The van der Waals surface area contributed by atoms with Gasteiger partial charge in [-0.3, -0.25) is 14.5 Å². The van der Waals surface area contributed by atoms with Gasteiger partial charge in [-0.1, -0.05) is 0 Å². The van der Waals surface area contributed by atoms with E-state index >= 15 is 0 Å². The second-order valence-corrected chi connectivity index (χ2v) is 3.84. The van der Waals surface area contributed by atoms with Gasteiger partial charge in [-0.25, -0.2) is 0 Å². The van der Waals surface area contributed by atoms with Crippen molar-refractivity contribution >= 4 is 11.9 Å². The minimum atomic E-state index is -0.874. The highest BCUT2D eigenvalue weighted by Gasteiger charge is 2.33. The van der Waals surface area contributed by atoms with E-state index in [2.05, 4.69) is 0 Å². The first kappa shape index (κ1) is 13.9. The number of hydrogen-bond donors (Lipinski definition) is 1. The van der Waals surface area contributed by atoms with Crippen molar-refractivity contribution in [2.24, 2.45) is 0 Å². The standard InChI is InChI=1S/C10H19NO4/c1-5-15-9(14)10(2,3)11(4)7-6-8(12)13/h5-7H2,1-4H3,(H,12,13). The molecule has 0 aromatic heterocycles. The SMILES string of the molecule is CCOC(=O)C(C)(C)N(C)CCC(=O)O. The Hall–Kier alpha value is -1.10. The second-order valence-electron chi connectivity index (χ2n) is 3.84. The zero-order valence-corrected chi connectivity index (χ0v) is 9.74. The van der Waals surface area contributed by atoms with Crippen LogP contribution in [-0.4, -0.2) is 47.7 Å². The molecule has 0 radical (unpaired) electrons. The molecule has 5 heteroatoms. The molecule has 0 spiro atoms. The summed E-state index contributed by atoms with van der Waals surface area (Å²) in [5.41, 5.74) is -0.786. The van der Waals surface area contributed by atoms with E-state index in [0.29, 0.717) is 13.2 Å². The van der Waals surface area contributed by atoms with Crippen LogP contribution >= 0.6 is 0 Å². The van der Waals surface area contributed by atoms with Crippen molar-refractivity contribution in [1.82, 2.24) is 4.90 Å². The van der Waals surface area contributed by atoms with Crippen molar-refractivity contribution in [3.63, 3.8) is 0 Å². The van der Waals surface area contributed by atoms with Crippen LogP contribution in [0.1, 0.15) is 27.2 Å². The lowest BCUT2D eigenvalue weighted by molar-refractivity contribution is -0.155. The molecule has 0 aliphatic rings. The first-order valence-corrected chi connectivity index (χ1v) is 4.92. The number of likely N-dealkylation sites (N-methyl/N-ethyl adjacent to an activating group) is 1. The number of carboxylic acids is 1. The molecule has 0 rings (SSSR count). The molecule has 88 valence electrons. The summed E-state index contributed by atoms with van der Waals surface area (Å²) >= 11 is 0. The lowest BCUT2D eigenvalue weighted by Crippen LogP contribution is -2.49. The Labute approximate surface area is 90.0 Å². The maximum atomic E-state index is 11.5. The number of carbonyl (C=O) groups is 2. The van der Waals surface area contributed by atoms with E-state index < -0.39 is 11.5 Å². The fraction of sp³-hybridized carbons (Fsp3) is 0.800. The van der Waals surface area contributed by atoms with Crippen molar-refractivity contribution < 1.29 is 19.4 Å². The third-order valence-corrected chi connectivity index (χ3v) is 2.39. The number of ether oxygens (including phenoxy) is 1. The highest BCUT2D eigenvalue weighted by molar-refractivity contribution is 5.79. The summed E-state index contributed by atoms with van der Waals surface area (Å²) in [6, 6.07) is 0.